The second-order valence-electron chi connectivity index (χ2n) is 12.3. The van der Waals surface area contributed by atoms with E-state index < -0.39 is 0 Å². The topological polar surface area (TPSA) is 26.3 Å². The molecule has 0 saturated heterocycles. The predicted octanol–water partition coefficient (Wildman–Crippen LogP) is 12.5. The molecule has 2 nitrogen and oxygen atoms in total. The molecular formula is C35H70O2. The van der Waals surface area contributed by atoms with Crippen molar-refractivity contribution >= 4 is 5.97 Å². The summed E-state index contributed by atoms with van der Waals surface area (Å²) < 4.78 is 5.86. The number of hydrogen-bond donors (Lipinski definition) is 0. The van der Waals surface area contributed by atoms with Gasteiger partial charge in [0.15, 0.2) is 0 Å². The summed E-state index contributed by atoms with van der Waals surface area (Å²) >= 11 is 0. The van der Waals surface area contributed by atoms with Crippen LogP contribution >= 0.6 is 0 Å². The second-order valence-corrected chi connectivity index (χ2v) is 12.3. The highest BCUT2D eigenvalue weighted by molar-refractivity contribution is 5.76. The third kappa shape index (κ3) is 24.3. The fraction of sp³-hybridized carbons (Fsp3) is 0.971. The lowest BCUT2D eigenvalue weighted by atomic mass is 9.79. The van der Waals surface area contributed by atoms with Gasteiger partial charge in [-0.25, -0.2) is 0 Å². The van der Waals surface area contributed by atoms with E-state index in [1.54, 1.807) is 0 Å². The van der Waals surface area contributed by atoms with Gasteiger partial charge in [0.05, 0.1) is 12.0 Å². The average molecular weight is 523 g/mol. The largest absolute Gasteiger partial charge is 0.465 e. The number of hydrogen-bond acceptors (Lipinski definition) is 2. The molecule has 0 aliphatic carbocycles. The van der Waals surface area contributed by atoms with Gasteiger partial charge in [-0.05, 0) is 26.2 Å². The molecule has 0 fully saturated rings. The Kier molecular flexibility index (Phi) is 28.1. The first-order valence-electron chi connectivity index (χ1n) is 17.3. The van der Waals surface area contributed by atoms with E-state index in [4.69, 9.17) is 4.74 Å². The fourth-order valence-corrected chi connectivity index (χ4v) is 5.56. The molecule has 0 aromatic heterocycles. The highest BCUT2D eigenvalue weighted by Crippen LogP contribution is 2.33. The zero-order valence-electron chi connectivity index (χ0n) is 26.3. The normalized spacial score (nSPS) is 13.1. The van der Waals surface area contributed by atoms with Crippen LogP contribution in [0.15, 0.2) is 0 Å². The van der Waals surface area contributed by atoms with E-state index in [0.717, 1.165) is 25.7 Å². The Morgan fingerprint density at radius 3 is 1.05 bits per heavy atom. The highest BCUT2D eigenvalue weighted by Gasteiger charge is 2.33. The van der Waals surface area contributed by atoms with Crippen molar-refractivity contribution in [2.75, 3.05) is 6.61 Å². The number of unbranched alkanes of at least 4 members (excludes halogenated alkanes) is 23. The Morgan fingerprint density at radius 2 is 0.703 bits per heavy atom. The standard InChI is InChI=1S/C35H70O2/c1-5-8-11-14-16-18-19-20-21-23-25-27-30-33-37-34(36)35(4,31-28-13-10-7-3)32-29-26-24-22-17-15-12-9-6-2/h5-33H2,1-4H3. The molecule has 1 atom stereocenters. The molecular weight excluding hydrogens is 452 g/mol. The predicted molar refractivity (Wildman–Crippen MR) is 165 cm³/mol. The van der Waals surface area contributed by atoms with Crippen molar-refractivity contribution in [1.29, 1.82) is 0 Å². The molecule has 222 valence electrons. The maximum atomic E-state index is 13.1. The first-order valence-corrected chi connectivity index (χ1v) is 17.3. The Balaban J connectivity index is 3.97. The minimum absolute atomic E-state index is 0.0856. The molecule has 0 N–H and O–H groups in total. The van der Waals surface area contributed by atoms with Crippen LogP contribution in [0.4, 0.5) is 0 Å². The molecule has 2 heteroatoms. The maximum absolute atomic E-state index is 13.1. The lowest BCUT2D eigenvalue weighted by molar-refractivity contribution is -0.156. The molecule has 0 saturated carbocycles. The molecule has 0 aliphatic heterocycles. The molecule has 0 heterocycles. The van der Waals surface area contributed by atoms with E-state index in [-0.39, 0.29) is 11.4 Å². The number of rotatable bonds is 30. The summed E-state index contributed by atoms with van der Waals surface area (Å²) in [4.78, 5) is 13.1. The smallest absolute Gasteiger partial charge is 0.311 e. The third-order valence-electron chi connectivity index (χ3n) is 8.39. The van der Waals surface area contributed by atoms with Crippen LogP contribution in [0, 0.1) is 5.41 Å². The minimum atomic E-state index is -0.272. The molecule has 0 spiro atoms. The Labute approximate surface area is 234 Å². The summed E-state index contributed by atoms with van der Waals surface area (Å²) in [5, 5.41) is 0. The van der Waals surface area contributed by atoms with Crippen molar-refractivity contribution < 1.29 is 9.53 Å². The first-order chi connectivity index (χ1) is 18.1. The van der Waals surface area contributed by atoms with Crippen molar-refractivity contribution in [3.63, 3.8) is 0 Å². The average Bonchev–Trinajstić information content (AvgIpc) is 2.90. The van der Waals surface area contributed by atoms with E-state index >= 15 is 0 Å². The Hall–Kier alpha value is -0.530. The number of ether oxygens (including phenoxy) is 1. The van der Waals surface area contributed by atoms with Crippen LogP contribution in [0.2, 0.25) is 0 Å². The van der Waals surface area contributed by atoms with Gasteiger partial charge in [0.2, 0.25) is 0 Å². The van der Waals surface area contributed by atoms with Gasteiger partial charge >= 0.3 is 5.97 Å². The van der Waals surface area contributed by atoms with Crippen LogP contribution in [0.5, 0.6) is 0 Å². The quantitative estimate of drug-likeness (QED) is 0.0692. The fourth-order valence-electron chi connectivity index (χ4n) is 5.56. The Morgan fingerprint density at radius 1 is 0.432 bits per heavy atom. The summed E-state index contributed by atoms with van der Waals surface area (Å²) in [7, 11) is 0. The minimum Gasteiger partial charge on any atom is -0.465 e. The molecule has 0 bridgehead atoms. The lowest BCUT2D eigenvalue weighted by Crippen LogP contribution is -2.30. The molecule has 0 radical (unpaired) electrons. The van der Waals surface area contributed by atoms with Gasteiger partial charge in [-0.1, -0.05) is 181 Å². The van der Waals surface area contributed by atoms with Crippen molar-refractivity contribution in [2.24, 2.45) is 5.41 Å². The van der Waals surface area contributed by atoms with Crippen LogP contribution < -0.4 is 0 Å². The molecule has 1 unspecified atom stereocenters. The van der Waals surface area contributed by atoms with E-state index in [0.29, 0.717) is 6.61 Å². The number of carbonyl (C=O) groups excluding carboxylic acids is 1. The van der Waals surface area contributed by atoms with Gasteiger partial charge < -0.3 is 4.74 Å². The summed E-state index contributed by atoms with van der Waals surface area (Å²) in [6.07, 6.45) is 36.5. The van der Waals surface area contributed by atoms with Gasteiger partial charge in [-0.15, -0.1) is 0 Å². The van der Waals surface area contributed by atoms with Crippen LogP contribution in [0.3, 0.4) is 0 Å². The van der Waals surface area contributed by atoms with E-state index in [1.165, 1.54) is 154 Å². The van der Waals surface area contributed by atoms with E-state index in [1.807, 2.05) is 0 Å². The molecule has 0 rings (SSSR count). The summed E-state index contributed by atoms with van der Waals surface area (Å²) in [6, 6.07) is 0. The molecule has 0 aromatic rings. The zero-order valence-corrected chi connectivity index (χ0v) is 26.3. The molecule has 0 aliphatic rings. The van der Waals surface area contributed by atoms with Crippen LogP contribution in [0.25, 0.3) is 0 Å². The maximum Gasteiger partial charge on any atom is 0.311 e. The highest BCUT2D eigenvalue weighted by atomic mass is 16.5. The number of carbonyl (C=O) groups is 1. The number of esters is 1. The van der Waals surface area contributed by atoms with Gasteiger partial charge in [-0.2, -0.15) is 0 Å². The first kappa shape index (κ1) is 36.5. The van der Waals surface area contributed by atoms with E-state index in [9.17, 15) is 4.79 Å². The monoisotopic (exact) mass is 523 g/mol. The third-order valence-corrected chi connectivity index (χ3v) is 8.39. The van der Waals surface area contributed by atoms with Gasteiger partial charge in [-0.3, -0.25) is 4.79 Å². The summed E-state index contributed by atoms with van der Waals surface area (Å²) in [5.41, 5.74) is -0.272. The van der Waals surface area contributed by atoms with Gasteiger partial charge in [0, 0.05) is 0 Å². The molecule has 0 amide bonds. The zero-order chi connectivity index (χ0) is 27.3. The van der Waals surface area contributed by atoms with Crippen molar-refractivity contribution in [2.45, 2.75) is 207 Å². The van der Waals surface area contributed by atoms with E-state index in [2.05, 4.69) is 27.7 Å². The second kappa shape index (κ2) is 28.5. The van der Waals surface area contributed by atoms with Crippen LogP contribution in [-0.4, -0.2) is 12.6 Å². The molecule has 0 aromatic carbocycles. The summed E-state index contributed by atoms with van der Waals surface area (Å²) in [6.45, 7) is 9.64. The lowest BCUT2D eigenvalue weighted by Gasteiger charge is -2.27. The van der Waals surface area contributed by atoms with Gasteiger partial charge in [0.25, 0.3) is 0 Å². The van der Waals surface area contributed by atoms with Crippen LogP contribution in [-0.2, 0) is 9.53 Å². The van der Waals surface area contributed by atoms with Crippen LogP contribution in [0.1, 0.15) is 207 Å². The molecule has 37 heavy (non-hydrogen) atoms. The summed E-state index contributed by atoms with van der Waals surface area (Å²) in [5.74, 6) is 0.0856. The van der Waals surface area contributed by atoms with Gasteiger partial charge in [0.1, 0.15) is 0 Å². The SMILES string of the molecule is CCCCCCCCCCCCCCCOC(=O)C(C)(CCCCCC)CCCCCCCCCCC. The van der Waals surface area contributed by atoms with Crippen molar-refractivity contribution in [3.05, 3.63) is 0 Å². The Bertz CT molecular complexity index is 460. The van der Waals surface area contributed by atoms with Crippen molar-refractivity contribution in [1.82, 2.24) is 0 Å². The van der Waals surface area contributed by atoms with Crippen molar-refractivity contribution in [3.8, 4) is 0 Å².